The molecule has 11 heavy (non-hydrogen) atoms. The first-order valence-corrected chi connectivity index (χ1v) is 3.98. The van der Waals surface area contributed by atoms with Crippen LogP contribution in [0.1, 0.15) is 6.92 Å². The maximum atomic E-state index is 8.63. The van der Waals surface area contributed by atoms with E-state index in [1.165, 1.54) is 0 Å². The van der Waals surface area contributed by atoms with Crippen LogP contribution in [0.15, 0.2) is 16.9 Å². The quantitative estimate of drug-likeness (QED) is 0.348. The van der Waals surface area contributed by atoms with Gasteiger partial charge in [-0.1, -0.05) is 0 Å². The van der Waals surface area contributed by atoms with Gasteiger partial charge >= 0.3 is 0 Å². The van der Waals surface area contributed by atoms with E-state index >= 15 is 0 Å². The fourth-order valence-corrected chi connectivity index (χ4v) is 0.386. The number of nitrogens with two attached hydrogens (primary N) is 1. The maximum absolute atomic E-state index is 8.63. The molecule has 1 aliphatic heterocycles. The summed E-state index contributed by atoms with van der Waals surface area (Å²) < 4.78 is 32.8. The molecule has 0 spiro atoms. The van der Waals surface area contributed by atoms with Crippen molar-refractivity contribution in [2.75, 3.05) is 0 Å². The molecular weight excluding hydrogens is 172 g/mol. The van der Waals surface area contributed by atoms with Crippen molar-refractivity contribution in [3.63, 3.8) is 0 Å². The zero-order valence-corrected chi connectivity index (χ0v) is 6.58. The molecule has 0 saturated heterocycles. The summed E-state index contributed by atoms with van der Waals surface area (Å²) in [7, 11) is -4.92. The fraction of sp³-hybridized carbons (Fsp3) is 0.250. The molecule has 0 radical (unpaired) electrons. The molecule has 0 bridgehead atoms. The fourth-order valence-electron chi connectivity index (χ4n) is 0.386. The second kappa shape index (κ2) is 4.19. The Morgan fingerprint density at radius 2 is 2.18 bits per heavy atom. The lowest BCUT2D eigenvalue weighted by atomic mass is 10.6. The van der Waals surface area contributed by atoms with E-state index in [0.29, 0.717) is 0 Å². The molecule has 0 aliphatic carbocycles. The van der Waals surface area contributed by atoms with Crippen LogP contribution in [0.4, 0.5) is 0 Å². The largest absolute Gasteiger partial charge is 0.726 e. The minimum absolute atomic E-state index is 1.09. The van der Waals surface area contributed by atoms with Gasteiger partial charge in [-0.2, -0.15) is 0 Å². The van der Waals surface area contributed by atoms with E-state index in [-0.39, 0.29) is 0 Å². The molecule has 0 atom stereocenters. The Bertz CT molecular complexity index is 255. The molecule has 0 amide bonds. The van der Waals surface area contributed by atoms with Crippen LogP contribution < -0.4 is 5.32 Å². The van der Waals surface area contributed by atoms with Crippen LogP contribution >= 0.6 is 0 Å². The molecule has 1 aliphatic rings. The van der Waals surface area contributed by atoms with Crippen molar-refractivity contribution >= 4 is 16.7 Å². The summed E-state index contributed by atoms with van der Waals surface area (Å²) in [6.07, 6.45) is 3.76. The zero-order chi connectivity index (χ0) is 8.91. The summed E-state index contributed by atoms with van der Waals surface area (Å²) in [4.78, 5) is 3.92. The molecule has 7 heteroatoms. The average molecular weight is 180 g/mol. The molecule has 64 valence electrons. The lowest BCUT2D eigenvalue weighted by Crippen LogP contribution is -2.74. The first kappa shape index (κ1) is 10.2. The highest BCUT2D eigenvalue weighted by Gasteiger charge is 1.89. The highest BCUT2D eigenvalue weighted by Crippen LogP contribution is 1.87. The molecule has 0 aromatic carbocycles. The summed E-state index contributed by atoms with van der Waals surface area (Å²) in [5.41, 5.74) is 1.09. The molecule has 1 rings (SSSR count). The Morgan fingerprint density at radius 3 is 2.27 bits per heavy atom. The van der Waals surface area contributed by atoms with Crippen LogP contribution in [0.25, 0.3) is 0 Å². The highest BCUT2D eigenvalue weighted by atomic mass is 32.3. The van der Waals surface area contributed by atoms with E-state index in [0.717, 1.165) is 5.70 Å². The third-order valence-electron chi connectivity index (χ3n) is 0.702. The van der Waals surface area contributed by atoms with E-state index in [4.69, 9.17) is 17.5 Å². The second-order valence-electron chi connectivity index (χ2n) is 1.71. The summed E-state index contributed by atoms with van der Waals surface area (Å²) in [6.45, 7) is 1.97. The van der Waals surface area contributed by atoms with E-state index in [9.17, 15) is 0 Å². The topological polar surface area (TPSA) is 106 Å². The average Bonchev–Trinajstić information content (AvgIpc) is 2.12. The van der Waals surface area contributed by atoms with Gasteiger partial charge in [0.15, 0.2) is 6.34 Å². The molecule has 0 aromatic heterocycles. The zero-order valence-electron chi connectivity index (χ0n) is 5.76. The summed E-state index contributed by atoms with van der Waals surface area (Å²) in [6, 6.07) is 0. The Kier molecular flexibility index (Phi) is 3.90. The van der Waals surface area contributed by atoms with Gasteiger partial charge in [0.1, 0.15) is 6.20 Å². The Hall–Kier alpha value is -0.760. The van der Waals surface area contributed by atoms with Crippen molar-refractivity contribution in [2.24, 2.45) is 4.99 Å². The van der Waals surface area contributed by atoms with Gasteiger partial charge in [0.05, 0.1) is 5.70 Å². The molecule has 0 aromatic rings. The van der Waals surface area contributed by atoms with E-state index in [1.807, 2.05) is 18.4 Å². The predicted molar refractivity (Wildman–Crippen MR) is 36.5 cm³/mol. The smallest absolute Gasteiger partial charge is 0.215 e. The standard InChI is InChI=1S/C4H6N2.H2O4S/c1-4-2-5-3-6-4;1-5(2,3)4/h2-3H,1H3,(H,5,6);(H2,1,2,3,4). The van der Waals surface area contributed by atoms with Crippen LogP contribution in [-0.2, 0) is 10.4 Å². The Balaban J connectivity index is 0.000000187. The van der Waals surface area contributed by atoms with E-state index < -0.39 is 10.4 Å². The van der Waals surface area contributed by atoms with E-state index in [1.54, 1.807) is 6.34 Å². The number of quaternary nitrogens is 1. The molecule has 0 unspecified atom stereocenters. The molecular formula is C4H8N2O4S. The highest BCUT2D eigenvalue weighted by molar-refractivity contribution is 7.79. The van der Waals surface area contributed by atoms with Crippen molar-refractivity contribution in [1.29, 1.82) is 0 Å². The van der Waals surface area contributed by atoms with Crippen LogP contribution in [0.5, 0.6) is 0 Å². The third-order valence-corrected chi connectivity index (χ3v) is 0.702. The number of aliphatic imine (C=N–C) groups is 1. The van der Waals surface area contributed by atoms with Crippen molar-refractivity contribution in [3.8, 4) is 0 Å². The first-order valence-electron chi connectivity index (χ1n) is 2.62. The number of rotatable bonds is 0. The summed E-state index contributed by atoms with van der Waals surface area (Å²) in [5, 5.41) is 1.93. The van der Waals surface area contributed by atoms with Gasteiger partial charge in [-0.25, -0.2) is 13.4 Å². The number of nitrogens with zero attached hydrogens (tertiary/aromatic N) is 1. The van der Waals surface area contributed by atoms with Gasteiger partial charge in [-0.3, -0.25) is 9.87 Å². The third kappa shape index (κ3) is 12.4. The molecule has 0 fully saturated rings. The summed E-state index contributed by atoms with van der Waals surface area (Å²) in [5.74, 6) is 0. The normalized spacial score (nSPS) is 15.4. The lowest BCUT2D eigenvalue weighted by molar-refractivity contribution is -0.447. The van der Waals surface area contributed by atoms with Crippen molar-refractivity contribution in [2.45, 2.75) is 6.92 Å². The first-order chi connectivity index (χ1) is 4.89. The van der Waals surface area contributed by atoms with Crippen molar-refractivity contribution < 1.29 is 22.8 Å². The van der Waals surface area contributed by atoms with Crippen LogP contribution in [0, 0.1) is 0 Å². The Labute approximate surface area is 64.2 Å². The molecule has 1 heterocycles. The van der Waals surface area contributed by atoms with Crippen molar-refractivity contribution in [3.05, 3.63) is 11.9 Å². The van der Waals surface area contributed by atoms with Gasteiger partial charge in [0, 0.05) is 0 Å². The van der Waals surface area contributed by atoms with Crippen molar-refractivity contribution in [1.82, 2.24) is 0 Å². The van der Waals surface area contributed by atoms with Gasteiger partial charge < -0.3 is 4.55 Å². The molecule has 6 nitrogen and oxygen atoms in total. The summed E-state index contributed by atoms with van der Waals surface area (Å²) >= 11 is 0. The number of allylic oxidation sites excluding steroid dienone is 1. The number of hydrogen-bond acceptors (Lipinski definition) is 4. The van der Waals surface area contributed by atoms with Gasteiger partial charge in [-0.05, 0) is 6.92 Å². The molecule has 3 N–H and O–H groups in total. The monoisotopic (exact) mass is 180 g/mol. The van der Waals surface area contributed by atoms with E-state index in [2.05, 4.69) is 4.99 Å². The lowest BCUT2D eigenvalue weighted by Gasteiger charge is -1.88. The predicted octanol–water partition coefficient (Wildman–Crippen LogP) is -1.54. The SMILES string of the molecule is CC1=C[NH2+]C=N1.O=S(=O)([O-])O. The van der Waals surface area contributed by atoms with Crippen LogP contribution in [0.2, 0.25) is 0 Å². The van der Waals surface area contributed by atoms with Gasteiger partial charge in [-0.15, -0.1) is 0 Å². The van der Waals surface area contributed by atoms with Gasteiger partial charge in [0.2, 0.25) is 10.4 Å². The van der Waals surface area contributed by atoms with Crippen LogP contribution in [0.3, 0.4) is 0 Å². The minimum Gasteiger partial charge on any atom is -0.726 e. The maximum Gasteiger partial charge on any atom is 0.215 e. The second-order valence-corrected chi connectivity index (χ2v) is 2.56. The molecule has 0 saturated carbocycles. The van der Waals surface area contributed by atoms with Crippen LogP contribution in [-0.4, -0.2) is 23.9 Å². The number of hydrogen-bond donors (Lipinski definition) is 2. The Morgan fingerprint density at radius 1 is 1.73 bits per heavy atom. The van der Waals surface area contributed by atoms with Gasteiger partial charge in [0.25, 0.3) is 0 Å². The minimum atomic E-state index is -4.92.